The number of nitrogens with zero attached hydrogens (tertiary/aromatic N) is 2. The molecule has 4 heteroatoms. The van der Waals surface area contributed by atoms with Crippen LogP contribution in [0.5, 0.6) is 0 Å². The third-order valence-electron chi connectivity index (χ3n) is 2.60. The minimum absolute atomic E-state index is 0.0410. The van der Waals surface area contributed by atoms with Gasteiger partial charge in [0.1, 0.15) is 0 Å². The Balaban J connectivity index is 2.75. The van der Waals surface area contributed by atoms with Crippen LogP contribution in [-0.2, 0) is 6.42 Å². The molecule has 0 aliphatic rings. The van der Waals surface area contributed by atoms with Gasteiger partial charge in [-0.05, 0) is 32.4 Å². The summed E-state index contributed by atoms with van der Waals surface area (Å²) in [5.41, 5.74) is 0. The molecule has 0 radical (unpaired) electrons. The Morgan fingerprint density at radius 2 is 2.24 bits per heavy atom. The van der Waals surface area contributed by atoms with Crippen molar-refractivity contribution in [3.05, 3.63) is 21.9 Å². The Bertz CT molecular complexity index is 419. The van der Waals surface area contributed by atoms with Gasteiger partial charge in [-0.3, -0.25) is 4.79 Å². The number of hydrogen-bond donors (Lipinski definition) is 0. The van der Waals surface area contributed by atoms with Crippen molar-refractivity contribution in [2.45, 2.75) is 27.2 Å². The zero-order valence-corrected chi connectivity index (χ0v) is 11.4. The predicted octanol–water partition coefficient (Wildman–Crippen LogP) is 2.93. The van der Waals surface area contributed by atoms with Gasteiger partial charge in [0.15, 0.2) is 0 Å². The fraction of sp³-hybridized carbons (Fsp3) is 0.538. The normalized spacial score (nSPS) is 11.9. The molecule has 1 atom stereocenters. The van der Waals surface area contributed by atoms with Gasteiger partial charge in [0.05, 0.1) is 16.9 Å². The molecule has 0 aromatic carbocycles. The average molecular weight is 250 g/mol. The first-order valence-corrected chi connectivity index (χ1v) is 6.71. The van der Waals surface area contributed by atoms with Gasteiger partial charge in [-0.1, -0.05) is 6.92 Å². The largest absolute Gasteiger partial charge is 0.337 e. The summed E-state index contributed by atoms with van der Waals surface area (Å²) in [6.07, 6.45) is 0.957. The first-order chi connectivity index (χ1) is 8.12. The van der Waals surface area contributed by atoms with Crippen molar-refractivity contribution in [1.82, 2.24) is 4.90 Å². The van der Waals surface area contributed by atoms with Crippen LogP contribution < -0.4 is 0 Å². The fourth-order valence-corrected chi connectivity index (χ4v) is 2.48. The molecule has 1 unspecified atom stereocenters. The lowest BCUT2D eigenvalue weighted by molar-refractivity contribution is 0.0757. The van der Waals surface area contributed by atoms with Crippen molar-refractivity contribution < 1.29 is 4.79 Å². The second-order valence-electron chi connectivity index (χ2n) is 3.99. The standard InChI is InChI=1S/C13H18N2OS/c1-4-11-6-7-12(17-11)13(16)15(5-2)9-10(3)8-14/h6-7,10H,4-5,9H2,1-3H3. The van der Waals surface area contributed by atoms with Gasteiger partial charge in [-0.15, -0.1) is 11.3 Å². The van der Waals surface area contributed by atoms with Crippen molar-refractivity contribution in [1.29, 1.82) is 5.26 Å². The van der Waals surface area contributed by atoms with Crippen LogP contribution in [0.25, 0.3) is 0 Å². The van der Waals surface area contributed by atoms with Crippen molar-refractivity contribution in [2.24, 2.45) is 5.92 Å². The van der Waals surface area contributed by atoms with E-state index in [2.05, 4.69) is 13.0 Å². The lowest BCUT2D eigenvalue weighted by Crippen LogP contribution is -2.33. The maximum absolute atomic E-state index is 12.2. The summed E-state index contributed by atoms with van der Waals surface area (Å²) >= 11 is 1.55. The van der Waals surface area contributed by atoms with Gasteiger partial charge in [0.25, 0.3) is 5.91 Å². The summed E-state index contributed by atoms with van der Waals surface area (Å²) < 4.78 is 0. The van der Waals surface area contributed by atoms with Crippen LogP contribution in [0.4, 0.5) is 0 Å². The molecule has 0 aliphatic carbocycles. The molecule has 0 aliphatic heterocycles. The highest BCUT2D eigenvalue weighted by Crippen LogP contribution is 2.19. The van der Waals surface area contributed by atoms with Gasteiger partial charge in [0.2, 0.25) is 0 Å². The smallest absolute Gasteiger partial charge is 0.263 e. The summed E-state index contributed by atoms with van der Waals surface area (Å²) in [6, 6.07) is 6.04. The van der Waals surface area contributed by atoms with E-state index >= 15 is 0 Å². The quantitative estimate of drug-likeness (QED) is 0.806. The molecule has 0 saturated carbocycles. The number of thiophene rings is 1. The molecule has 0 saturated heterocycles. The van der Waals surface area contributed by atoms with E-state index in [0.717, 1.165) is 11.3 Å². The molecular weight excluding hydrogens is 232 g/mol. The van der Waals surface area contributed by atoms with Crippen LogP contribution in [0, 0.1) is 17.2 Å². The van der Waals surface area contributed by atoms with E-state index in [1.165, 1.54) is 4.88 Å². The van der Waals surface area contributed by atoms with Gasteiger partial charge >= 0.3 is 0 Å². The lowest BCUT2D eigenvalue weighted by atomic mass is 10.2. The Hall–Kier alpha value is -1.34. The third kappa shape index (κ3) is 3.57. The fourth-order valence-electron chi connectivity index (χ4n) is 1.57. The molecule has 1 aromatic rings. The van der Waals surface area contributed by atoms with E-state index in [0.29, 0.717) is 13.1 Å². The van der Waals surface area contributed by atoms with E-state index in [-0.39, 0.29) is 11.8 Å². The van der Waals surface area contributed by atoms with Gasteiger partial charge < -0.3 is 4.90 Å². The van der Waals surface area contributed by atoms with E-state index in [1.807, 2.05) is 26.0 Å². The monoisotopic (exact) mass is 250 g/mol. The van der Waals surface area contributed by atoms with E-state index in [9.17, 15) is 4.79 Å². The van der Waals surface area contributed by atoms with Crippen molar-refractivity contribution >= 4 is 17.2 Å². The molecule has 92 valence electrons. The van der Waals surface area contributed by atoms with Gasteiger partial charge in [0, 0.05) is 18.0 Å². The molecule has 1 heterocycles. The van der Waals surface area contributed by atoms with Crippen LogP contribution in [0.15, 0.2) is 12.1 Å². The summed E-state index contributed by atoms with van der Waals surface area (Å²) in [7, 11) is 0. The average Bonchev–Trinajstić information content (AvgIpc) is 2.83. The molecule has 1 aromatic heterocycles. The zero-order chi connectivity index (χ0) is 12.8. The molecule has 0 N–H and O–H groups in total. The molecule has 0 spiro atoms. The van der Waals surface area contributed by atoms with Gasteiger partial charge in [-0.25, -0.2) is 0 Å². The predicted molar refractivity (Wildman–Crippen MR) is 70.1 cm³/mol. The Kier molecular flexibility index (Phi) is 5.17. The van der Waals surface area contributed by atoms with Crippen LogP contribution in [0.3, 0.4) is 0 Å². The minimum atomic E-state index is -0.121. The van der Waals surface area contributed by atoms with Gasteiger partial charge in [-0.2, -0.15) is 5.26 Å². The first-order valence-electron chi connectivity index (χ1n) is 5.89. The number of carbonyl (C=O) groups is 1. The number of hydrogen-bond acceptors (Lipinski definition) is 3. The second kappa shape index (κ2) is 6.41. The highest BCUT2D eigenvalue weighted by atomic mass is 32.1. The molecular formula is C13H18N2OS. The molecule has 3 nitrogen and oxygen atoms in total. The first kappa shape index (κ1) is 13.7. The van der Waals surface area contributed by atoms with Crippen molar-refractivity contribution in [3.63, 3.8) is 0 Å². The van der Waals surface area contributed by atoms with E-state index in [1.54, 1.807) is 16.2 Å². The highest BCUT2D eigenvalue weighted by molar-refractivity contribution is 7.14. The molecule has 0 bridgehead atoms. The molecule has 1 rings (SSSR count). The summed E-state index contributed by atoms with van der Waals surface area (Å²) in [4.78, 5) is 15.9. The van der Waals surface area contributed by atoms with E-state index < -0.39 is 0 Å². The number of nitriles is 1. The van der Waals surface area contributed by atoms with Crippen LogP contribution >= 0.6 is 11.3 Å². The SMILES string of the molecule is CCc1ccc(C(=O)N(CC)CC(C)C#N)s1. The van der Waals surface area contributed by atoms with Crippen LogP contribution in [-0.4, -0.2) is 23.9 Å². The number of aryl methyl sites for hydroxylation is 1. The Labute approximate surface area is 107 Å². The van der Waals surface area contributed by atoms with Crippen molar-refractivity contribution in [2.75, 3.05) is 13.1 Å². The molecule has 0 fully saturated rings. The maximum Gasteiger partial charge on any atom is 0.263 e. The molecule has 1 amide bonds. The second-order valence-corrected chi connectivity index (χ2v) is 5.16. The van der Waals surface area contributed by atoms with E-state index in [4.69, 9.17) is 5.26 Å². The molecule has 17 heavy (non-hydrogen) atoms. The summed E-state index contributed by atoms with van der Waals surface area (Å²) in [6.45, 7) is 7.00. The highest BCUT2D eigenvalue weighted by Gasteiger charge is 2.18. The van der Waals surface area contributed by atoms with Crippen LogP contribution in [0.1, 0.15) is 35.3 Å². The zero-order valence-electron chi connectivity index (χ0n) is 10.6. The lowest BCUT2D eigenvalue weighted by Gasteiger charge is -2.21. The Morgan fingerprint density at radius 1 is 1.53 bits per heavy atom. The van der Waals surface area contributed by atoms with Crippen LogP contribution in [0.2, 0.25) is 0 Å². The maximum atomic E-state index is 12.2. The number of rotatable bonds is 5. The number of carbonyl (C=O) groups excluding carboxylic acids is 1. The topological polar surface area (TPSA) is 44.1 Å². The summed E-state index contributed by atoms with van der Waals surface area (Å²) in [5, 5.41) is 8.79. The Morgan fingerprint density at radius 3 is 2.71 bits per heavy atom. The minimum Gasteiger partial charge on any atom is -0.337 e. The number of amides is 1. The third-order valence-corrected chi connectivity index (χ3v) is 3.82. The summed E-state index contributed by atoms with van der Waals surface area (Å²) in [5.74, 6) is -0.0798. The van der Waals surface area contributed by atoms with Crippen molar-refractivity contribution in [3.8, 4) is 6.07 Å².